The van der Waals surface area contributed by atoms with Crippen molar-refractivity contribution in [2.24, 2.45) is 5.92 Å². The van der Waals surface area contributed by atoms with E-state index >= 15 is 0 Å². The van der Waals surface area contributed by atoms with Crippen molar-refractivity contribution in [3.05, 3.63) is 70.2 Å². The predicted octanol–water partition coefficient (Wildman–Crippen LogP) is 2.99. The third-order valence-electron chi connectivity index (χ3n) is 5.36. The summed E-state index contributed by atoms with van der Waals surface area (Å²) in [6, 6.07) is 13.8. The second kappa shape index (κ2) is 6.89. The number of nitrogens with zero attached hydrogens (tertiary/aromatic N) is 2. The molecule has 4 rings (SSSR count). The van der Waals surface area contributed by atoms with Crippen molar-refractivity contribution < 1.29 is 4.74 Å². The Morgan fingerprint density at radius 1 is 1.12 bits per heavy atom. The van der Waals surface area contributed by atoms with Crippen LogP contribution in [0.15, 0.2) is 53.3 Å². The Balaban J connectivity index is 1.46. The highest BCUT2D eigenvalue weighted by Gasteiger charge is 2.33. The van der Waals surface area contributed by atoms with Gasteiger partial charge >= 0.3 is 0 Å². The van der Waals surface area contributed by atoms with Crippen LogP contribution in [0.1, 0.15) is 23.6 Å². The fraction of sp³-hybridized carbons (Fsp3) is 0.381. The zero-order valence-electron chi connectivity index (χ0n) is 14.6. The molecule has 2 aliphatic rings. The van der Waals surface area contributed by atoms with Crippen molar-refractivity contribution in [1.29, 1.82) is 0 Å². The highest BCUT2D eigenvalue weighted by molar-refractivity contribution is 5.57. The number of methoxy groups -OCH3 is 1. The van der Waals surface area contributed by atoms with E-state index in [4.69, 9.17) is 4.74 Å². The Bertz CT molecular complexity index is 840. The van der Waals surface area contributed by atoms with E-state index in [1.54, 1.807) is 13.2 Å². The molecule has 130 valence electrons. The van der Waals surface area contributed by atoms with Crippen LogP contribution in [0.2, 0.25) is 0 Å². The van der Waals surface area contributed by atoms with Gasteiger partial charge in [-0.05, 0) is 24.5 Å². The van der Waals surface area contributed by atoms with Gasteiger partial charge in [0, 0.05) is 49.4 Å². The van der Waals surface area contributed by atoms with Crippen molar-refractivity contribution in [3.8, 4) is 5.75 Å². The van der Waals surface area contributed by atoms with Gasteiger partial charge in [0.25, 0.3) is 5.56 Å². The van der Waals surface area contributed by atoms with Crippen molar-refractivity contribution in [2.45, 2.75) is 18.9 Å². The number of hydrogen-bond donors (Lipinski definition) is 0. The van der Waals surface area contributed by atoms with E-state index in [1.165, 1.54) is 12.1 Å². The van der Waals surface area contributed by atoms with Crippen molar-refractivity contribution >= 4 is 6.08 Å². The van der Waals surface area contributed by atoms with Crippen molar-refractivity contribution in [3.63, 3.8) is 0 Å². The number of benzene rings is 1. The highest BCUT2D eigenvalue weighted by atomic mass is 16.5. The smallest absolute Gasteiger partial charge is 0.250 e. The molecule has 25 heavy (non-hydrogen) atoms. The van der Waals surface area contributed by atoms with Crippen LogP contribution in [-0.2, 0) is 6.54 Å². The Kier molecular flexibility index (Phi) is 4.45. The normalized spacial score (nSPS) is 22.8. The second-order valence-electron chi connectivity index (χ2n) is 7.06. The van der Waals surface area contributed by atoms with Gasteiger partial charge < -0.3 is 9.30 Å². The Hall–Kier alpha value is -2.33. The molecule has 4 nitrogen and oxygen atoms in total. The minimum Gasteiger partial charge on any atom is -0.496 e. The molecule has 0 amide bonds. The van der Waals surface area contributed by atoms with Crippen LogP contribution in [0, 0.1) is 5.92 Å². The number of para-hydroxylation sites is 1. The molecule has 0 spiro atoms. The van der Waals surface area contributed by atoms with Crippen molar-refractivity contribution in [2.75, 3.05) is 26.7 Å². The van der Waals surface area contributed by atoms with E-state index < -0.39 is 0 Å². The monoisotopic (exact) mass is 336 g/mol. The van der Waals surface area contributed by atoms with Gasteiger partial charge in [0.05, 0.1) is 7.11 Å². The molecule has 2 atom stereocenters. The van der Waals surface area contributed by atoms with E-state index in [-0.39, 0.29) is 5.56 Å². The number of rotatable bonds is 4. The minimum atomic E-state index is 0.150. The van der Waals surface area contributed by atoms with E-state index in [2.05, 4.69) is 29.2 Å². The fourth-order valence-corrected chi connectivity index (χ4v) is 4.28. The molecule has 1 aromatic carbocycles. The molecule has 1 saturated heterocycles. The minimum absolute atomic E-state index is 0.150. The molecule has 2 bridgehead atoms. The predicted molar refractivity (Wildman–Crippen MR) is 100 cm³/mol. The number of fused-ring (bicyclic) bond motifs is 4. The molecule has 2 aliphatic heterocycles. The Morgan fingerprint density at radius 2 is 2.00 bits per heavy atom. The van der Waals surface area contributed by atoms with E-state index in [9.17, 15) is 4.79 Å². The van der Waals surface area contributed by atoms with Crippen LogP contribution < -0.4 is 10.3 Å². The summed E-state index contributed by atoms with van der Waals surface area (Å²) < 4.78 is 7.39. The van der Waals surface area contributed by atoms with Crippen LogP contribution in [0.3, 0.4) is 0 Å². The molecule has 0 radical (unpaired) electrons. The van der Waals surface area contributed by atoms with Gasteiger partial charge in [-0.1, -0.05) is 36.4 Å². The average Bonchev–Trinajstić information content (AvgIpc) is 2.63. The summed E-state index contributed by atoms with van der Waals surface area (Å²) in [5.41, 5.74) is 2.47. The lowest BCUT2D eigenvalue weighted by Crippen LogP contribution is -2.46. The lowest BCUT2D eigenvalue weighted by atomic mass is 9.83. The first kappa shape index (κ1) is 16.2. The molecule has 4 heteroatoms. The molecule has 1 aromatic heterocycles. The lowest BCUT2D eigenvalue weighted by Gasteiger charge is -2.42. The Labute approximate surface area is 148 Å². The maximum Gasteiger partial charge on any atom is 0.250 e. The highest BCUT2D eigenvalue weighted by Crippen LogP contribution is 2.34. The molecular weight excluding hydrogens is 312 g/mol. The first-order valence-corrected chi connectivity index (χ1v) is 8.96. The fourth-order valence-electron chi connectivity index (χ4n) is 4.28. The topological polar surface area (TPSA) is 34.5 Å². The zero-order valence-corrected chi connectivity index (χ0v) is 14.6. The van der Waals surface area contributed by atoms with Crippen LogP contribution in [0.5, 0.6) is 5.75 Å². The van der Waals surface area contributed by atoms with Crippen LogP contribution in [0.4, 0.5) is 0 Å². The average molecular weight is 336 g/mol. The number of pyridine rings is 1. The first-order chi connectivity index (χ1) is 12.2. The summed E-state index contributed by atoms with van der Waals surface area (Å²) in [5.74, 6) is 1.95. The van der Waals surface area contributed by atoms with E-state index in [0.717, 1.165) is 37.5 Å². The SMILES string of the molecule is COc1ccccc1C=CCN1C[C@@H]2C[C@H](C1)c1cccc(=O)n1C2. The summed E-state index contributed by atoms with van der Waals surface area (Å²) >= 11 is 0. The third-order valence-corrected chi connectivity index (χ3v) is 5.36. The number of piperidine rings is 1. The Morgan fingerprint density at radius 3 is 2.88 bits per heavy atom. The number of hydrogen-bond acceptors (Lipinski definition) is 3. The van der Waals surface area contributed by atoms with Crippen molar-refractivity contribution in [1.82, 2.24) is 9.47 Å². The number of aromatic nitrogens is 1. The summed E-state index contributed by atoms with van der Waals surface area (Å²) in [6.07, 6.45) is 5.56. The third kappa shape index (κ3) is 3.27. The summed E-state index contributed by atoms with van der Waals surface area (Å²) in [6.45, 7) is 3.88. The van der Waals surface area contributed by atoms with Crippen LogP contribution in [-0.4, -0.2) is 36.2 Å². The van der Waals surface area contributed by atoms with Gasteiger partial charge in [-0.25, -0.2) is 0 Å². The molecule has 3 heterocycles. The summed E-state index contributed by atoms with van der Waals surface area (Å²) in [7, 11) is 1.71. The van der Waals surface area contributed by atoms with Crippen LogP contribution >= 0.6 is 0 Å². The van der Waals surface area contributed by atoms with Gasteiger partial charge in [-0.2, -0.15) is 0 Å². The molecular formula is C21H24N2O2. The number of likely N-dealkylation sites (tertiary alicyclic amines) is 1. The van der Waals surface area contributed by atoms with Crippen LogP contribution in [0.25, 0.3) is 6.08 Å². The van der Waals surface area contributed by atoms with Gasteiger partial charge in [0.2, 0.25) is 0 Å². The molecule has 0 saturated carbocycles. The first-order valence-electron chi connectivity index (χ1n) is 8.96. The van der Waals surface area contributed by atoms with Gasteiger partial charge in [-0.3, -0.25) is 9.69 Å². The molecule has 2 aromatic rings. The van der Waals surface area contributed by atoms with E-state index in [1.807, 2.05) is 28.8 Å². The maximum absolute atomic E-state index is 12.1. The van der Waals surface area contributed by atoms with E-state index in [0.29, 0.717) is 11.8 Å². The lowest BCUT2D eigenvalue weighted by molar-refractivity contribution is 0.131. The standard InChI is InChI=1S/C21H24N2O2/c1-25-20-9-3-2-6-17(20)7-5-11-22-13-16-12-18(15-22)19-8-4-10-21(24)23(19)14-16/h2-10,16,18H,11-15H2,1H3/t16-,18+/m0/s1. The maximum atomic E-state index is 12.1. The zero-order chi connectivity index (χ0) is 17.2. The molecule has 0 unspecified atom stereocenters. The quantitative estimate of drug-likeness (QED) is 0.861. The van der Waals surface area contributed by atoms with Gasteiger partial charge in [-0.15, -0.1) is 0 Å². The van der Waals surface area contributed by atoms with Gasteiger partial charge in [0.15, 0.2) is 0 Å². The summed E-state index contributed by atoms with van der Waals surface area (Å²) in [4.78, 5) is 14.6. The number of ether oxygens (including phenoxy) is 1. The molecule has 0 N–H and O–H groups in total. The summed E-state index contributed by atoms with van der Waals surface area (Å²) in [5, 5.41) is 0. The van der Waals surface area contributed by atoms with Gasteiger partial charge in [0.1, 0.15) is 5.75 Å². The largest absolute Gasteiger partial charge is 0.496 e. The second-order valence-corrected chi connectivity index (χ2v) is 7.06. The molecule has 0 aliphatic carbocycles. The molecule has 1 fully saturated rings.